The number of nitro benzene ring substituents is 1. The number of fused-ring (bicyclic) bond motifs is 1. The van der Waals surface area contributed by atoms with Gasteiger partial charge in [-0.25, -0.2) is 0 Å². The summed E-state index contributed by atoms with van der Waals surface area (Å²) in [7, 11) is 0. The van der Waals surface area contributed by atoms with E-state index in [9.17, 15) is 15.2 Å². The minimum atomic E-state index is -0.628. The smallest absolute Gasteiger partial charge is 0.273 e. The largest absolute Gasteiger partial charge is 0.870 e. The van der Waals surface area contributed by atoms with E-state index in [1.54, 1.807) is 0 Å². The Labute approximate surface area is 144 Å². The Balaban J connectivity index is 2.05. The highest BCUT2D eigenvalue weighted by Gasteiger charge is 2.11. The summed E-state index contributed by atoms with van der Waals surface area (Å²) < 4.78 is 0.985. The summed E-state index contributed by atoms with van der Waals surface area (Å²) in [6, 6.07) is 9.67. The van der Waals surface area contributed by atoms with Crippen molar-refractivity contribution in [3.63, 3.8) is 0 Å². The van der Waals surface area contributed by atoms with Crippen molar-refractivity contribution in [3.8, 4) is 5.75 Å². The molecular formula is C15H7Cl2N2O3S-. The molecule has 0 saturated heterocycles. The van der Waals surface area contributed by atoms with Gasteiger partial charge in [0.1, 0.15) is 0 Å². The van der Waals surface area contributed by atoms with E-state index in [4.69, 9.17) is 23.2 Å². The Morgan fingerprint density at radius 2 is 1.96 bits per heavy atom. The first kappa shape index (κ1) is 15.7. The molecule has 1 aromatic heterocycles. The molecule has 3 aromatic rings. The van der Waals surface area contributed by atoms with Gasteiger partial charge in [-0.2, -0.15) is 0 Å². The van der Waals surface area contributed by atoms with E-state index in [1.807, 2.05) is 24.3 Å². The average Bonchev–Trinajstić information content (AvgIpc) is 2.85. The second kappa shape index (κ2) is 6.16. The van der Waals surface area contributed by atoms with E-state index in [2.05, 4.69) is 4.99 Å². The highest BCUT2D eigenvalue weighted by atomic mass is 35.5. The van der Waals surface area contributed by atoms with Crippen LogP contribution < -0.4 is 5.11 Å². The molecule has 8 heteroatoms. The Bertz CT molecular complexity index is 953. The molecule has 0 aliphatic heterocycles. The molecule has 2 aromatic carbocycles. The lowest BCUT2D eigenvalue weighted by molar-refractivity contribution is -0.385. The Hall–Kier alpha value is -2.15. The Kier molecular flexibility index (Phi) is 4.21. The van der Waals surface area contributed by atoms with Gasteiger partial charge < -0.3 is 5.11 Å². The SMILES string of the molecule is O=[N+]([O-])c1cc(Cl)c([O-])c(N=Cc2sc3ccccc3c2Cl)c1. The molecule has 0 bridgehead atoms. The first-order valence-corrected chi connectivity index (χ1v) is 7.90. The van der Waals surface area contributed by atoms with Crippen LogP contribution in [0.1, 0.15) is 4.88 Å². The van der Waals surface area contributed by atoms with Gasteiger partial charge >= 0.3 is 0 Å². The van der Waals surface area contributed by atoms with Crippen molar-refractivity contribution in [2.75, 3.05) is 0 Å². The molecule has 0 saturated carbocycles. The number of hydrogen-bond donors (Lipinski definition) is 0. The lowest BCUT2D eigenvalue weighted by atomic mass is 10.2. The van der Waals surface area contributed by atoms with Crippen LogP contribution in [0, 0.1) is 10.1 Å². The standard InChI is InChI=1S/C15H8Cl2N2O3S/c16-10-5-8(19(21)22)6-11(15(10)20)18-7-13-14(17)9-3-1-2-4-12(9)23-13/h1-7,20H/p-1. The van der Waals surface area contributed by atoms with Crippen LogP contribution in [0.15, 0.2) is 41.4 Å². The van der Waals surface area contributed by atoms with Crippen molar-refractivity contribution < 1.29 is 10.0 Å². The topological polar surface area (TPSA) is 78.6 Å². The zero-order valence-electron chi connectivity index (χ0n) is 11.3. The van der Waals surface area contributed by atoms with Crippen LogP contribution in [0.25, 0.3) is 10.1 Å². The average molecular weight is 366 g/mol. The fraction of sp³-hybridized carbons (Fsp3) is 0. The number of nitro groups is 1. The number of aliphatic imine (C=N–C) groups is 1. The maximum absolute atomic E-state index is 11.9. The number of benzene rings is 2. The summed E-state index contributed by atoms with van der Waals surface area (Å²) >= 11 is 13.4. The van der Waals surface area contributed by atoms with Crippen LogP contribution in [0.3, 0.4) is 0 Å². The lowest BCUT2D eigenvalue weighted by Gasteiger charge is -2.11. The second-order valence-corrected chi connectivity index (χ2v) is 6.44. The lowest BCUT2D eigenvalue weighted by Crippen LogP contribution is -1.94. The predicted molar refractivity (Wildman–Crippen MR) is 91.6 cm³/mol. The van der Waals surface area contributed by atoms with Gasteiger partial charge in [0.05, 0.1) is 20.5 Å². The first-order chi connectivity index (χ1) is 11.0. The molecule has 0 aliphatic carbocycles. The number of rotatable bonds is 3. The van der Waals surface area contributed by atoms with E-state index in [-0.39, 0.29) is 16.4 Å². The highest BCUT2D eigenvalue weighted by molar-refractivity contribution is 7.21. The summed E-state index contributed by atoms with van der Waals surface area (Å²) in [5.74, 6) is -0.564. The molecule has 3 rings (SSSR count). The summed E-state index contributed by atoms with van der Waals surface area (Å²) in [5, 5.41) is 23.9. The quantitative estimate of drug-likeness (QED) is 0.374. The maximum Gasteiger partial charge on any atom is 0.273 e. The third-order valence-electron chi connectivity index (χ3n) is 3.10. The van der Waals surface area contributed by atoms with Crippen molar-refractivity contribution >= 4 is 62.2 Å². The number of thiophene rings is 1. The van der Waals surface area contributed by atoms with E-state index >= 15 is 0 Å². The molecule has 1 heterocycles. The second-order valence-electron chi connectivity index (χ2n) is 4.57. The van der Waals surface area contributed by atoms with Crippen molar-refractivity contribution in [2.24, 2.45) is 4.99 Å². The van der Waals surface area contributed by atoms with Crippen molar-refractivity contribution in [3.05, 3.63) is 61.4 Å². The van der Waals surface area contributed by atoms with E-state index in [0.717, 1.165) is 22.2 Å². The molecule has 0 unspecified atom stereocenters. The molecule has 0 aliphatic rings. The summed E-state index contributed by atoms with van der Waals surface area (Å²) in [6.07, 6.45) is 1.42. The van der Waals surface area contributed by atoms with Gasteiger partial charge in [-0.1, -0.05) is 47.2 Å². The third-order valence-corrected chi connectivity index (χ3v) is 5.01. The van der Waals surface area contributed by atoms with Gasteiger partial charge in [-0.15, -0.1) is 11.3 Å². The van der Waals surface area contributed by atoms with Gasteiger partial charge in [-0.3, -0.25) is 15.1 Å². The van der Waals surface area contributed by atoms with Gasteiger partial charge in [0, 0.05) is 33.5 Å². The number of non-ortho nitro benzene ring substituents is 1. The fourth-order valence-corrected chi connectivity index (χ4v) is 3.57. The summed E-state index contributed by atoms with van der Waals surface area (Å²) in [5.41, 5.74) is -0.387. The van der Waals surface area contributed by atoms with Crippen molar-refractivity contribution in [1.29, 1.82) is 0 Å². The minimum absolute atomic E-state index is 0.0993. The summed E-state index contributed by atoms with van der Waals surface area (Å²) in [6.45, 7) is 0. The van der Waals surface area contributed by atoms with E-state index in [1.165, 1.54) is 17.6 Å². The molecular weight excluding hydrogens is 359 g/mol. The van der Waals surface area contributed by atoms with Crippen LogP contribution in [0.4, 0.5) is 11.4 Å². The first-order valence-electron chi connectivity index (χ1n) is 6.33. The normalized spacial score (nSPS) is 11.4. The molecule has 5 nitrogen and oxygen atoms in total. The zero-order valence-corrected chi connectivity index (χ0v) is 13.7. The van der Waals surface area contributed by atoms with Crippen LogP contribution in [0.5, 0.6) is 5.75 Å². The number of nitrogens with zero attached hydrogens (tertiary/aromatic N) is 2. The van der Waals surface area contributed by atoms with Crippen LogP contribution in [-0.4, -0.2) is 11.1 Å². The highest BCUT2D eigenvalue weighted by Crippen LogP contribution is 2.37. The number of hydrogen-bond acceptors (Lipinski definition) is 5. The molecule has 0 spiro atoms. The van der Waals surface area contributed by atoms with Gasteiger partial charge in [-0.05, 0) is 6.07 Å². The number of halogens is 2. The minimum Gasteiger partial charge on any atom is -0.870 e. The fourth-order valence-electron chi connectivity index (χ4n) is 2.01. The molecule has 0 amide bonds. The van der Waals surface area contributed by atoms with Crippen molar-refractivity contribution in [1.82, 2.24) is 0 Å². The Morgan fingerprint density at radius 1 is 1.22 bits per heavy atom. The molecule has 0 radical (unpaired) electrons. The Morgan fingerprint density at radius 3 is 2.65 bits per heavy atom. The molecule has 0 fully saturated rings. The predicted octanol–water partition coefficient (Wildman–Crippen LogP) is 4.94. The maximum atomic E-state index is 11.9. The van der Waals surface area contributed by atoms with Gasteiger partial charge in [0.2, 0.25) is 0 Å². The molecule has 23 heavy (non-hydrogen) atoms. The summed E-state index contributed by atoms with van der Waals surface area (Å²) in [4.78, 5) is 14.9. The third kappa shape index (κ3) is 3.01. The van der Waals surface area contributed by atoms with Gasteiger partial charge in [0.25, 0.3) is 5.69 Å². The zero-order chi connectivity index (χ0) is 16.6. The van der Waals surface area contributed by atoms with Crippen LogP contribution in [0.2, 0.25) is 10.0 Å². The molecule has 0 N–H and O–H groups in total. The van der Waals surface area contributed by atoms with E-state index < -0.39 is 10.7 Å². The molecule has 0 atom stereocenters. The van der Waals surface area contributed by atoms with E-state index in [0.29, 0.717) is 9.90 Å². The monoisotopic (exact) mass is 365 g/mol. The van der Waals surface area contributed by atoms with Crippen molar-refractivity contribution in [2.45, 2.75) is 0 Å². The van der Waals surface area contributed by atoms with Crippen LogP contribution in [-0.2, 0) is 0 Å². The van der Waals surface area contributed by atoms with Gasteiger partial charge in [0.15, 0.2) is 0 Å². The molecule has 116 valence electrons. The van der Waals surface area contributed by atoms with Crippen LogP contribution >= 0.6 is 34.5 Å².